The van der Waals surface area contributed by atoms with Crippen LogP contribution in [0.3, 0.4) is 0 Å². The molecule has 1 heterocycles. The van der Waals surface area contributed by atoms with E-state index in [2.05, 4.69) is 21.3 Å². The molecule has 0 radical (unpaired) electrons. The number of esters is 2. The standard InChI is InChI=1S/C43H61N5O10S/c1-6-33(38(49)45-32-21-19-29(20-22-32)27-58-42(53)28(2)3)46-40(51)37-26-31-16-10-11-18-36(31)48(37)41(52)35(23-25-59(5,55)56)47-39(50)34(44-4)17-12-13-24-57-43(54)30-14-8-7-9-15-30/h7-9,14-15,19-22,28,31,33-37,44H,6,10-13,16-18,23-27H2,1-5H3,(H,45,49)(H,46,51)(H,47,50)/t31?,33-,34-,35-,36?,37-/m0/s1. The summed E-state index contributed by atoms with van der Waals surface area (Å²) in [5, 5.41) is 11.5. The van der Waals surface area contributed by atoms with Crippen LogP contribution in [0.2, 0.25) is 0 Å². The van der Waals surface area contributed by atoms with Crippen molar-refractivity contribution in [3.8, 4) is 0 Å². The van der Waals surface area contributed by atoms with E-state index in [1.165, 1.54) is 4.90 Å². The number of unbranched alkanes of at least 4 members (excludes halogenated alkanes) is 1. The number of hydrogen-bond acceptors (Lipinski definition) is 11. The van der Waals surface area contributed by atoms with Crippen LogP contribution >= 0.6 is 0 Å². The Morgan fingerprint density at radius 2 is 1.53 bits per heavy atom. The van der Waals surface area contributed by atoms with Gasteiger partial charge in [-0.2, -0.15) is 0 Å². The molecule has 6 atom stereocenters. The van der Waals surface area contributed by atoms with Crippen molar-refractivity contribution < 1.29 is 46.7 Å². The second kappa shape index (κ2) is 22.5. The topological polar surface area (TPSA) is 206 Å². The van der Waals surface area contributed by atoms with Gasteiger partial charge in [0, 0.05) is 18.0 Å². The molecule has 2 aromatic carbocycles. The summed E-state index contributed by atoms with van der Waals surface area (Å²) in [4.78, 5) is 81.5. The number of ether oxygens (including phenoxy) is 2. The number of carbonyl (C=O) groups is 6. The van der Waals surface area contributed by atoms with Crippen LogP contribution in [-0.4, -0.2) is 105 Å². The molecule has 0 aromatic heterocycles. The number of benzene rings is 2. The van der Waals surface area contributed by atoms with Gasteiger partial charge in [-0.3, -0.25) is 24.0 Å². The van der Waals surface area contributed by atoms with E-state index in [1.807, 2.05) is 0 Å². The van der Waals surface area contributed by atoms with Gasteiger partial charge in [0.2, 0.25) is 23.6 Å². The summed E-state index contributed by atoms with van der Waals surface area (Å²) >= 11 is 0. The van der Waals surface area contributed by atoms with E-state index >= 15 is 0 Å². The number of nitrogens with zero attached hydrogens (tertiary/aromatic N) is 1. The highest BCUT2D eigenvalue weighted by Gasteiger charge is 2.49. The van der Waals surface area contributed by atoms with Crippen molar-refractivity contribution in [2.75, 3.05) is 31.0 Å². The average Bonchev–Trinajstić information content (AvgIpc) is 3.61. The molecular formula is C43H61N5O10S. The maximum Gasteiger partial charge on any atom is 0.338 e. The van der Waals surface area contributed by atoms with Crippen LogP contribution in [0.1, 0.15) is 101 Å². The van der Waals surface area contributed by atoms with Crippen molar-refractivity contribution in [1.29, 1.82) is 0 Å². The number of fused-ring (bicyclic) bond motifs is 1. The minimum atomic E-state index is -3.53. The Morgan fingerprint density at radius 3 is 2.17 bits per heavy atom. The number of carbonyl (C=O) groups excluding carboxylic acids is 6. The van der Waals surface area contributed by atoms with Crippen molar-refractivity contribution in [2.24, 2.45) is 11.8 Å². The lowest BCUT2D eigenvalue weighted by Crippen LogP contribution is -2.59. The highest BCUT2D eigenvalue weighted by molar-refractivity contribution is 7.90. The van der Waals surface area contributed by atoms with Gasteiger partial charge in [0.05, 0.1) is 29.9 Å². The molecule has 4 rings (SSSR count). The number of hydrogen-bond donors (Lipinski definition) is 4. The van der Waals surface area contributed by atoms with Crippen LogP contribution < -0.4 is 21.3 Å². The van der Waals surface area contributed by atoms with Gasteiger partial charge in [-0.05, 0) is 94.2 Å². The molecule has 16 heteroatoms. The summed E-state index contributed by atoms with van der Waals surface area (Å²) in [6.45, 7) is 5.52. The van der Waals surface area contributed by atoms with E-state index in [0.717, 1.165) is 31.1 Å². The van der Waals surface area contributed by atoms with Gasteiger partial charge in [0.25, 0.3) is 0 Å². The molecule has 2 fully saturated rings. The maximum absolute atomic E-state index is 14.6. The number of rotatable bonds is 21. The van der Waals surface area contributed by atoms with Crippen LogP contribution in [0.25, 0.3) is 0 Å². The third-order valence-corrected chi connectivity index (χ3v) is 11.9. The highest BCUT2D eigenvalue weighted by Crippen LogP contribution is 2.40. The number of likely N-dealkylation sites (N-methyl/N-ethyl adjacent to an activating group) is 1. The fourth-order valence-corrected chi connectivity index (χ4v) is 8.25. The lowest BCUT2D eigenvalue weighted by Gasteiger charge is -2.36. The number of amides is 4. The molecule has 324 valence electrons. The third kappa shape index (κ3) is 14.2. The van der Waals surface area contributed by atoms with Crippen molar-refractivity contribution in [3.63, 3.8) is 0 Å². The first-order valence-electron chi connectivity index (χ1n) is 20.7. The minimum absolute atomic E-state index is 0.0305. The molecule has 1 aliphatic carbocycles. The second-order valence-electron chi connectivity index (χ2n) is 15.8. The Morgan fingerprint density at radius 1 is 0.831 bits per heavy atom. The maximum atomic E-state index is 14.6. The SMILES string of the molecule is CC[C@H](NC(=O)[C@@H]1CC2CCCCC2N1C(=O)[C@H](CCS(C)(=O)=O)NC(=O)[C@H](CCCCOC(=O)c1ccccc1)NC)C(=O)Nc1ccc(COC(=O)C(C)C)cc1. The van der Waals surface area contributed by atoms with E-state index in [0.29, 0.717) is 43.4 Å². The van der Waals surface area contributed by atoms with Gasteiger partial charge in [0.1, 0.15) is 34.6 Å². The Labute approximate surface area is 348 Å². The van der Waals surface area contributed by atoms with Crippen LogP contribution in [0.4, 0.5) is 5.69 Å². The van der Waals surface area contributed by atoms with Gasteiger partial charge in [-0.1, -0.05) is 63.9 Å². The summed E-state index contributed by atoms with van der Waals surface area (Å²) in [6, 6.07) is 11.4. The van der Waals surface area contributed by atoms with Crippen LogP contribution in [0.5, 0.6) is 0 Å². The summed E-state index contributed by atoms with van der Waals surface area (Å²) in [7, 11) is -1.91. The highest BCUT2D eigenvalue weighted by atomic mass is 32.2. The zero-order valence-corrected chi connectivity index (χ0v) is 35.7. The number of sulfone groups is 1. The van der Waals surface area contributed by atoms with Gasteiger partial charge < -0.3 is 35.6 Å². The molecule has 59 heavy (non-hydrogen) atoms. The lowest BCUT2D eigenvalue weighted by atomic mass is 9.84. The van der Waals surface area contributed by atoms with Crippen molar-refractivity contribution in [2.45, 2.75) is 122 Å². The molecule has 2 aliphatic rings. The molecule has 1 saturated heterocycles. The zero-order chi connectivity index (χ0) is 43.1. The van der Waals surface area contributed by atoms with Crippen LogP contribution in [0, 0.1) is 11.8 Å². The lowest BCUT2D eigenvalue weighted by molar-refractivity contribution is -0.148. The largest absolute Gasteiger partial charge is 0.462 e. The predicted octanol–water partition coefficient (Wildman–Crippen LogP) is 3.91. The van der Waals surface area contributed by atoms with Crippen LogP contribution in [-0.2, 0) is 49.9 Å². The molecule has 4 N–H and O–H groups in total. The number of likely N-dealkylation sites (tertiary alicyclic amines) is 1. The van der Waals surface area contributed by atoms with Crippen molar-refractivity contribution >= 4 is 51.1 Å². The molecule has 0 bridgehead atoms. The van der Waals surface area contributed by atoms with Gasteiger partial charge in [-0.15, -0.1) is 0 Å². The molecule has 15 nitrogen and oxygen atoms in total. The van der Waals surface area contributed by atoms with E-state index in [9.17, 15) is 37.2 Å². The Kier molecular flexibility index (Phi) is 17.9. The zero-order valence-electron chi connectivity index (χ0n) is 34.9. The normalized spacial score (nSPS) is 19.2. The molecule has 1 aliphatic heterocycles. The molecule has 2 unspecified atom stereocenters. The molecule has 2 aromatic rings. The number of anilines is 1. The summed E-state index contributed by atoms with van der Waals surface area (Å²) < 4.78 is 35.3. The fraction of sp³-hybridized carbons (Fsp3) is 0.581. The quantitative estimate of drug-likeness (QED) is 0.105. The summed E-state index contributed by atoms with van der Waals surface area (Å²) in [5.41, 5.74) is 1.68. The minimum Gasteiger partial charge on any atom is -0.462 e. The summed E-state index contributed by atoms with van der Waals surface area (Å²) in [5.74, 6) is -3.29. The van der Waals surface area contributed by atoms with E-state index in [1.54, 1.807) is 82.4 Å². The Hall–Kier alpha value is -4.83. The first kappa shape index (κ1) is 46.9. The Balaban J connectivity index is 1.42. The average molecular weight is 840 g/mol. The third-order valence-electron chi connectivity index (χ3n) is 10.9. The number of nitrogens with one attached hydrogen (secondary N) is 4. The monoisotopic (exact) mass is 839 g/mol. The van der Waals surface area contributed by atoms with Gasteiger partial charge >= 0.3 is 11.9 Å². The molecule has 4 amide bonds. The van der Waals surface area contributed by atoms with Crippen LogP contribution in [0.15, 0.2) is 54.6 Å². The molecule has 0 spiro atoms. The Bertz CT molecular complexity index is 1860. The molecular weight excluding hydrogens is 779 g/mol. The van der Waals surface area contributed by atoms with Crippen molar-refractivity contribution in [3.05, 3.63) is 65.7 Å². The molecule has 1 saturated carbocycles. The predicted molar refractivity (Wildman–Crippen MR) is 223 cm³/mol. The first-order valence-corrected chi connectivity index (χ1v) is 22.7. The smallest absolute Gasteiger partial charge is 0.338 e. The van der Waals surface area contributed by atoms with E-state index < -0.39 is 63.6 Å². The van der Waals surface area contributed by atoms with E-state index in [4.69, 9.17) is 9.47 Å². The first-order chi connectivity index (χ1) is 28.1. The van der Waals surface area contributed by atoms with E-state index in [-0.39, 0.29) is 55.7 Å². The summed E-state index contributed by atoms with van der Waals surface area (Å²) in [6.07, 6.45) is 6.16. The van der Waals surface area contributed by atoms with Crippen molar-refractivity contribution in [1.82, 2.24) is 20.9 Å². The van der Waals surface area contributed by atoms with Gasteiger partial charge in [-0.25, -0.2) is 13.2 Å². The second-order valence-corrected chi connectivity index (χ2v) is 18.1. The fourth-order valence-electron chi connectivity index (χ4n) is 7.59. The van der Waals surface area contributed by atoms with Gasteiger partial charge in [0.15, 0.2) is 0 Å².